The maximum absolute atomic E-state index is 4.57. The molecule has 0 aromatic carbocycles. The molecular weight excluding hydrogens is 222 g/mol. The molecule has 1 saturated carbocycles. The van der Waals surface area contributed by atoms with Gasteiger partial charge < -0.3 is 10.6 Å². The number of hydrogen-bond donors (Lipinski definition) is 2. The molecule has 2 heterocycles. The first-order chi connectivity index (χ1) is 8.92. The number of pyridine rings is 1. The highest BCUT2D eigenvalue weighted by Crippen LogP contribution is 2.24. The number of nitrogens with one attached hydrogen (secondary N) is 2. The topological polar surface area (TPSA) is 37.0 Å². The molecule has 0 bridgehead atoms. The van der Waals surface area contributed by atoms with E-state index in [4.69, 9.17) is 0 Å². The zero-order valence-electron chi connectivity index (χ0n) is 11.0. The van der Waals surface area contributed by atoms with E-state index in [1.54, 1.807) is 0 Å². The van der Waals surface area contributed by atoms with Gasteiger partial charge in [-0.15, -0.1) is 0 Å². The van der Waals surface area contributed by atoms with Crippen molar-refractivity contribution in [1.29, 1.82) is 0 Å². The second-order valence-electron chi connectivity index (χ2n) is 5.60. The van der Waals surface area contributed by atoms with Crippen molar-refractivity contribution in [3.05, 3.63) is 23.9 Å². The van der Waals surface area contributed by atoms with Crippen LogP contribution in [0, 0.1) is 0 Å². The molecule has 0 radical (unpaired) electrons. The number of nitrogens with zero attached hydrogens (tertiary/aromatic N) is 1. The second kappa shape index (κ2) is 5.70. The van der Waals surface area contributed by atoms with E-state index < -0.39 is 0 Å². The van der Waals surface area contributed by atoms with Crippen LogP contribution in [0.2, 0.25) is 0 Å². The maximum Gasteiger partial charge on any atom is 0.126 e. The Bertz CT molecular complexity index is 362. The van der Waals surface area contributed by atoms with Crippen LogP contribution in [0.15, 0.2) is 18.3 Å². The van der Waals surface area contributed by atoms with Gasteiger partial charge in [-0.25, -0.2) is 4.98 Å². The van der Waals surface area contributed by atoms with Crippen molar-refractivity contribution >= 4 is 5.82 Å². The lowest BCUT2D eigenvalue weighted by atomic mass is 9.99. The molecule has 1 aromatic heterocycles. The lowest BCUT2D eigenvalue weighted by Crippen LogP contribution is -2.26. The van der Waals surface area contributed by atoms with E-state index in [1.807, 2.05) is 6.20 Å². The van der Waals surface area contributed by atoms with Crippen molar-refractivity contribution in [3.63, 3.8) is 0 Å². The molecule has 3 rings (SSSR count). The number of rotatable bonds is 3. The minimum absolute atomic E-state index is 0.520. The van der Waals surface area contributed by atoms with E-state index in [2.05, 4.69) is 27.8 Å². The van der Waals surface area contributed by atoms with Crippen LogP contribution < -0.4 is 10.6 Å². The van der Waals surface area contributed by atoms with Crippen molar-refractivity contribution in [1.82, 2.24) is 10.3 Å². The van der Waals surface area contributed by atoms with E-state index in [1.165, 1.54) is 50.5 Å². The van der Waals surface area contributed by atoms with Crippen LogP contribution in [-0.2, 0) is 0 Å². The quantitative estimate of drug-likeness (QED) is 0.858. The lowest BCUT2D eigenvalue weighted by molar-refractivity contribution is 0.411. The maximum atomic E-state index is 4.57. The predicted octanol–water partition coefficient (Wildman–Crippen LogP) is 3.25. The Balaban J connectivity index is 1.60. The molecule has 2 N–H and O–H groups in total. The first kappa shape index (κ1) is 12.0. The summed E-state index contributed by atoms with van der Waals surface area (Å²) in [6.07, 6.45) is 11.3. The molecule has 1 unspecified atom stereocenters. The highest BCUT2D eigenvalue weighted by molar-refractivity contribution is 5.37. The van der Waals surface area contributed by atoms with Gasteiger partial charge in [0.25, 0.3) is 0 Å². The molecular formula is C15H23N3. The van der Waals surface area contributed by atoms with Crippen LogP contribution in [0.25, 0.3) is 0 Å². The minimum atomic E-state index is 0.520. The number of piperidine rings is 1. The Morgan fingerprint density at radius 1 is 1.06 bits per heavy atom. The highest BCUT2D eigenvalue weighted by Gasteiger charge is 2.16. The van der Waals surface area contributed by atoms with Gasteiger partial charge in [-0.05, 0) is 43.9 Å². The fourth-order valence-electron chi connectivity index (χ4n) is 3.11. The molecule has 0 spiro atoms. The lowest BCUT2D eigenvalue weighted by Gasteiger charge is -2.23. The third-order valence-corrected chi connectivity index (χ3v) is 4.21. The normalized spacial score (nSPS) is 25.2. The summed E-state index contributed by atoms with van der Waals surface area (Å²) in [6, 6.07) is 5.54. The fourth-order valence-corrected chi connectivity index (χ4v) is 3.11. The molecule has 0 amide bonds. The monoisotopic (exact) mass is 245 g/mol. The third kappa shape index (κ3) is 2.83. The van der Waals surface area contributed by atoms with Crippen molar-refractivity contribution in [2.45, 2.75) is 57.0 Å². The Kier molecular flexibility index (Phi) is 3.79. The summed E-state index contributed by atoms with van der Waals surface area (Å²) in [7, 11) is 0. The molecule has 1 aliphatic heterocycles. The number of anilines is 1. The average molecular weight is 245 g/mol. The van der Waals surface area contributed by atoms with Crippen LogP contribution in [0.4, 0.5) is 5.82 Å². The van der Waals surface area contributed by atoms with E-state index in [0.29, 0.717) is 12.1 Å². The molecule has 3 heteroatoms. The van der Waals surface area contributed by atoms with Crippen molar-refractivity contribution in [2.24, 2.45) is 0 Å². The third-order valence-electron chi connectivity index (χ3n) is 4.21. The molecule has 1 saturated heterocycles. The summed E-state index contributed by atoms with van der Waals surface area (Å²) >= 11 is 0. The van der Waals surface area contributed by atoms with E-state index in [0.717, 1.165) is 12.4 Å². The molecule has 18 heavy (non-hydrogen) atoms. The first-order valence-electron chi connectivity index (χ1n) is 7.38. The Labute approximate surface area is 109 Å². The highest BCUT2D eigenvalue weighted by atomic mass is 15.0. The largest absolute Gasteiger partial charge is 0.367 e. The van der Waals surface area contributed by atoms with Crippen LogP contribution in [0.1, 0.15) is 56.6 Å². The predicted molar refractivity (Wildman–Crippen MR) is 74.7 cm³/mol. The van der Waals surface area contributed by atoms with Gasteiger partial charge in [0.2, 0.25) is 0 Å². The standard InChI is InChI=1S/C15H23N3/c1-2-6-13(5-1)18-15-9-8-12(11-17-15)14-7-3-4-10-16-14/h8-9,11,13-14,16H,1-7,10H2,(H,17,18). The molecule has 3 nitrogen and oxygen atoms in total. The van der Waals surface area contributed by atoms with Gasteiger partial charge in [0.1, 0.15) is 5.82 Å². The SMILES string of the molecule is c1cc(NC2CCCC2)ncc1C1CCCCN1. The molecule has 2 fully saturated rings. The van der Waals surface area contributed by atoms with Gasteiger partial charge in [-0.1, -0.05) is 25.3 Å². The average Bonchev–Trinajstić information content (AvgIpc) is 2.94. The first-order valence-corrected chi connectivity index (χ1v) is 7.38. The van der Waals surface area contributed by atoms with Crippen LogP contribution in [0.3, 0.4) is 0 Å². The second-order valence-corrected chi connectivity index (χ2v) is 5.60. The van der Waals surface area contributed by atoms with Gasteiger partial charge in [0.15, 0.2) is 0 Å². The summed E-state index contributed by atoms with van der Waals surface area (Å²) < 4.78 is 0. The van der Waals surface area contributed by atoms with E-state index in [9.17, 15) is 0 Å². The Hall–Kier alpha value is -1.09. The summed E-state index contributed by atoms with van der Waals surface area (Å²) in [6.45, 7) is 1.15. The zero-order valence-corrected chi connectivity index (χ0v) is 11.0. The van der Waals surface area contributed by atoms with Crippen molar-refractivity contribution in [3.8, 4) is 0 Å². The molecule has 1 aliphatic carbocycles. The summed E-state index contributed by atoms with van der Waals surface area (Å²) in [5, 5.41) is 7.11. The van der Waals surface area contributed by atoms with Crippen LogP contribution in [-0.4, -0.2) is 17.6 Å². The Morgan fingerprint density at radius 3 is 2.56 bits per heavy atom. The van der Waals surface area contributed by atoms with Gasteiger partial charge in [0.05, 0.1) is 0 Å². The van der Waals surface area contributed by atoms with Gasteiger partial charge in [-0.2, -0.15) is 0 Å². The van der Waals surface area contributed by atoms with E-state index in [-0.39, 0.29) is 0 Å². The summed E-state index contributed by atoms with van der Waals surface area (Å²) in [4.78, 5) is 4.57. The van der Waals surface area contributed by atoms with Gasteiger partial charge in [0, 0.05) is 18.3 Å². The van der Waals surface area contributed by atoms with Crippen molar-refractivity contribution in [2.75, 3.05) is 11.9 Å². The van der Waals surface area contributed by atoms with Crippen LogP contribution in [0.5, 0.6) is 0 Å². The Morgan fingerprint density at radius 2 is 1.89 bits per heavy atom. The fraction of sp³-hybridized carbons (Fsp3) is 0.667. The van der Waals surface area contributed by atoms with Gasteiger partial charge in [-0.3, -0.25) is 0 Å². The summed E-state index contributed by atoms with van der Waals surface area (Å²) in [5.41, 5.74) is 1.34. The van der Waals surface area contributed by atoms with Crippen molar-refractivity contribution < 1.29 is 0 Å². The van der Waals surface area contributed by atoms with Crippen LogP contribution >= 0.6 is 0 Å². The molecule has 1 aromatic rings. The number of hydrogen-bond acceptors (Lipinski definition) is 3. The smallest absolute Gasteiger partial charge is 0.126 e. The molecule has 2 aliphatic rings. The minimum Gasteiger partial charge on any atom is -0.367 e. The molecule has 98 valence electrons. The van der Waals surface area contributed by atoms with E-state index >= 15 is 0 Å². The molecule has 1 atom stereocenters. The van der Waals surface area contributed by atoms with Gasteiger partial charge >= 0.3 is 0 Å². The summed E-state index contributed by atoms with van der Waals surface area (Å²) in [5.74, 6) is 1.04. The number of aromatic nitrogens is 1. The zero-order chi connectivity index (χ0) is 12.2.